The third-order valence-corrected chi connectivity index (χ3v) is 12.5. The lowest BCUT2D eigenvalue weighted by Crippen LogP contribution is -2.09. The van der Waals surface area contributed by atoms with Crippen LogP contribution in [0.5, 0.6) is 0 Å². The maximum Gasteiger partial charge on any atom is 0.0647 e. The fourth-order valence-electron chi connectivity index (χ4n) is 9.64. The Kier molecular flexibility index (Phi) is 8.83. The fourth-order valence-corrected chi connectivity index (χ4v) is 9.64. The molecule has 0 aliphatic rings. The average Bonchev–Trinajstić information content (AvgIpc) is 3.89. The summed E-state index contributed by atoms with van der Waals surface area (Å²) in [5.74, 6) is 0. The van der Waals surface area contributed by atoms with Crippen molar-refractivity contribution in [3.05, 3.63) is 249 Å². The molecule has 0 fully saturated rings. The lowest BCUT2D eigenvalue weighted by molar-refractivity contribution is 1.17. The van der Waals surface area contributed by atoms with E-state index >= 15 is 0 Å². The van der Waals surface area contributed by atoms with Gasteiger partial charge >= 0.3 is 0 Å². The molecule has 2 heterocycles. The van der Waals surface area contributed by atoms with Gasteiger partial charge in [-0.3, -0.25) is 0 Å². The van der Waals surface area contributed by atoms with Gasteiger partial charge in [-0.05, 0) is 112 Å². The van der Waals surface area contributed by atoms with E-state index in [1.807, 2.05) is 0 Å². The standard InChI is InChI=1S/C60H41N3/c1-5-17-42(18-6-1)44-29-35-49(36-30-44)61(50-37-31-45(32-38-50)43-19-7-2-8-20-43)51-39-33-46(34-40-51)54-41-57-59(53-26-14-15-27-55(53)62(57)47-21-9-3-10-22-47)60-58(54)52-25-13-16-28-56(52)63(60)48-23-11-4-12-24-48/h1-41H. The van der Waals surface area contributed by atoms with Gasteiger partial charge in [0.1, 0.15) is 0 Å². The Hall–Kier alpha value is -8.40. The van der Waals surface area contributed by atoms with Gasteiger partial charge in [0.15, 0.2) is 0 Å². The second-order valence-electron chi connectivity index (χ2n) is 16.1. The van der Waals surface area contributed by atoms with Gasteiger partial charge in [0.2, 0.25) is 0 Å². The van der Waals surface area contributed by atoms with Crippen LogP contribution in [0.4, 0.5) is 17.1 Å². The van der Waals surface area contributed by atoms with Crippen molar-refractivity contribution >= 4 is 60.7 Å². The van der Waals surface area contributed by atoms with Gasteiger partial charge in [-0.25, -0.2) is 0 Å². The summed E-state index contributed by atoms with van der Waals surface area (Å²) in [6.45, 7) is 0. The molecular formula is C60H41N3. The number of rotatable bonds is 8. The number of nitrogens with zero attached hydrogens (tertiary/aromatic N) is 3. The molecule has 3 nitrogen and oxygen atoms in total. The van der Waals surface area contributed by atoms with E-state index in [1.54, 1.807) is 0 Å². The largest absolute Gasteiger partial charge is 0.311 e. The number of aromatic nitrogens is 2. The maximum atomic E-state index is 2.48. The molecule has 0 saturated heterocycles. The van der Waals surface area contributed by atoms with Crippen molar-refractivity contribution in [1.82, 2.24) is 9.13 Å². The first kappa shape index (κ1) is 36.5. The summed E-state index contributed by atoms with van der Waals surface area (Å²) >= 11 is 0. The molecule has 0 amide bonds. The quantitative estimate of drug-likeness (QED) is 0.149. The number of hydrogen-bond acceptors (Lipinski definition) is 1. The minimum atomic E-state index is 1.08. The molecule has 0 aliphatic carbocycles. The van der Waals surface area contributed by atoms with Crippen LogP contribution in [0.25, 0.3) is 88.4 Å². The Labute approximate surface area is 366 Å². The Morgan fingerprint density at radius 3 is 1.13 bits per heavy atom. The molecule has 0 saturated carbocycles. The van der Waals surface area contributed by atoms with E-state index < -0.39 is 0 Å². The third kappa shape index (κ3) is 6.21. The van der Waals surface area contributed by atoms with Crippen LogP contribution in [0.3, 0.4) is 0 Å². The highest BCUT2D eigenvalue weighted by molar-refractivity contribution is 6.30. The summed E-state index contributed by atoms with van der Waals surface area (Å²) in [6.07, 6.45) is 0. The van der Waals surface area contributed by atoms with Crippen LogP contribution in [0.1, 0.15) is 0 Å². The van der Waals surface area contributed by atoms with Crippen molar-refractivity contribution in [3.8, 4) is 44.8 Å². The zero-order valence-corrected chi connectivity index (χ0v) is 34.5. The van der Waals surface area contributed by atoms with Gasteiger partial charge in [-0.2, -0.15) is 0 Å². The van der Waals surface area contributed by atoms with E-state index in [0.717, 1.165) is 34.0 Å². The van der Waals surface area contributed by atoms with Crippen LogP contribution in [-0.2, 0) is 0 Å². The minimum absolute atomic E-state index is 1.08. The van der Waals surface area contributed by atoms with E-state index in [-0.39, 0.29) is 0 Å². The summed E-state index contributed by atoms with van der Waals surface area (Å²) in [4.78, 5) is 2.36. The first-order valence-electron chi connectivity index (χ1n) is 21.6. The topological polar surface area (TPSA) is 13.1 Å². The Morgan fingerprint density at radius 2 is 0.635 bits per heavy atom. The highest BCUT2D eigenvalue weighted by Gasteiger charge is 2.24. The smallest absolute Gasteiger partial charge is 0.0647 e. The molecule has 0 aliphatic heterocycles. The monoisotopic (exact) mass is 803 g/mol. The average molecular weight is 804 g/mol. The number of hydrogen-bond donors (Lipinski definition) is 0. The molecule has 0 atom stereocenters. The molecule has 0 spiro atoms. The Morgan fingerprint density at radius 1 is 0.270 bits per heavy atom. The van der Waals surface area contributed by atoms with Crippen LogP contribution in [0, 0.1) is 0 Å². The number of benzene rings is 10. The van der Waals surface area contributed by atoms with Gasteiger partial charge in [-0.15, -0.1) is 0 Å². The molecule has 2 aromatic heterocycles. The lowest BCUT2D eigenvalue weighted by Gasteiger charge is -2.26. The van der Waals surface area contributed by atoms with Crippen molar-refractivity contribution < 1.29 is 0 Å². The Balaban J connectivity index is 1.08. The molecule has 3 heteroatoms. The van der Waals surface area contributed by atoms with E-state index in [0.29, 0.717) is 0 Å². The van der Waals surface area contributed by atoms with Crippen LogP contribution in [0.15, 0.2) is 249 Å². The van der Waals surface area contributed by atoms with Gasteiger partial charge < -0.3 is 14.0 Å². The van der Waals surface area contributed by atoms with Gasteiger partial charge in [-0.1, -0.05) is 170 Å². The zero-order chi connectivity index (χ0) is 41.7. The van der Waals surface area contributed by atoms with Crippen molar-refractivity contribution in [2.45, 2.75) is 0 Å². The van der Waals surface area contributed by atoms with Crippen LogP contribution in [0.2, 0.25) is 0 Å². The lowest BCUT2D eigenvalue weighted by atomic mass is 9.96. The van der Waals surface area contributed by atoms with Crippen LogP contribution < -0.4 is 4.90 Å². The van der Waals surface area contributed by atoms with Crippen molar-refractivity contribution in [2.75, 3.05) is 4.90 Å². The minimum Gasteiger partial charge on any atom is -0.311 e. The maximum absolute atomic E-state index is 2.48. The van der Waals surface area contributed by atoms with E-state index in [9.17, 15) is 0 Å². The molecule has 12 aromatic rings. The highest BCUT2D eigenvalue weighted by atomic mass is 15.1. The van der Waals surface area contributed by atoms with E-state index in [1.165, 1.54) is 71.4 Å². The molecule has 0 unspecified atom stereocenters. The predicted molar refractivity (Wildman–Crippen MR) is 266 cm³/mol. The van der Waals surface area contributed by atoms with Crippen LogP contribution >= 0.6 is 0 Å². The number of anilines is 3. The zero-order valence-electron chi connectivity index (χ0n) is 34.5. The molecule has 0 bridgehead atoms. The fraction of sp³-hybridized carbons (Fsp3) is 0. The molecular weight excluding hydrogens is 763 g/mol. The number of para-hydroxylation sites is 4. The van der Waals surface area contributed by atoms with Gasteiger partial charge in [0.25, 0.3) is 0 Å². The van der Waals surface area contributed by atoms with Crippen molar-refractivity contribution in [2.24, 2.45) is 0 Å². The van der Waals surface area contributed by atoms with Gasteiger partial charge in [0, 0.05) is 50.0 Å². The second-order valence-corrected chi connectivity index (χ2v) is 16.1. The third-order valence-electron chi connectivity index (χ3n) is 12.5. The van der Waals surface area contributed by atoms with E-state index in [4.69, 9.17) is 0 Å². The second kappa shape index (κ2) is 15.3. The number of fused-ring (bicyclic) bond motifs is 7. The SMILES string of the molecule is c1ccc(-c2ccc(N(c3ccc(-c4ccccc4)cc3)c3ccc(-c4cc5c(c6ccccc6n5-c5ccccc5)c5c4c4ccccc4n5-c4ccccc4)cc3)cc2)cc1. The summed E-state index contributed by atoms with van der Waals surface area (Å²) in [5, 5.41) is 4.95. The highest BCUT2D eigenvalue weighted by Crippen LogP contribution is 2.47. The first-order valence-corrected chi connectivity index (χ1v) is 21.6. The van der Waals surface area contributed by atoms with Gasteiger partial charge in [0.05, 0.1) is 22.1 Å². The molecule has 296 valence electrons. The van der Waals surface area contributed by atoms with E-state index in [2.05, 4.69) is 263 Å². The first-order chi connectivity index (χ1) is 31.3. The molecule has 12 rings (SSSR count). The summed E-state index contributed by atoms with van der Waals surface area (Å²) in [6, 6.07) is 90.0. The summed E-state index contributed by atoms with van der Waals surface area (Å²) < 4.78 is 4.92. The summed E-state index contributed by atoms with van der Waals surface area (Å²) in [7, 11) is 0. The van der Waals surface area contributed by atoms with Crippen molar-refractivity contribution in [1.29, 1.82) is 0 Å². The Bertz CT molecular complexity index is 3470. The van der Waals surface area contributed by atoms with Crippen molar-refractivity contribution in [3.63, 3.8) is 0 Å². The molecule has 0 radical (unpaired) electrons. The summed E-state index contributed by atoms with van der Waals surface area (Å²) in [5.41, 5.74) is 17.4. The normalized spacial score (nSPS) is 11.5. The van der Waals surface area contributed by atoms with Crippen LogP contribution in [-0.4, -0.2) is 9.13 Å². The molecule has 0 N–H and O–H groups in total. The molecule has 63 heavy (non-hydrogen) atoms. The predicted octanol–water partition coefficient (Wildman–Crippen LogP) is 16.4. The molecule has 10 aromatic carbocycles.